The summed E-state index contributed by atoms with van der Waals surface area (Å²) in [4.78, 5) is 41.1. The summed E-state index contributed by atoms with van der Waals surface area (Å²) in [5.74, 6) is -0.200. The molecule has 7 nitrogen and oxygen atoms in total. The molecule has 2 fully saturated rings. The van der Waals surface area contributed by atoms with E-state index in [1.54, 1.807) is 34.1 Å². The second kappa shape index (κ2) is 7.58. The van der Waals surface area contributed by atoms with E-state index in [1.807, 2.05) is 30.3 Å². The number of amides is 4. The highest BCUT2D eigenvalue weighted by atomic mass is 16.3. The van der Waals surface area contributed by atoms with Crippen molar-refractivity contribution in [2.75, 3.05) is 13.1 Å². The molecule has 2 N–H and O–H groups in total. The van der Waals surface area contributed by atoms with Gasteiger partial charge in [0.1, 0.15) is 11.3 Å². The molecule has 150 valence electrons. The number of imide groups is 1. The van der Waals surface area contributed by atoms with E-state index in [9.17, 15) is 19.5 Å². The SMILES string of the molecule is O=C(Cc1cccc(O)c1)N1CCC2(CC1)C(=O)NC(=O)N2Cc1ccccc1. The van der Waals surface area contributed by atoms with Crippen LogP contribution in [0.15, 0.2) is 54.6 Å². The fraction of sp³-hybridized carbons (Fsp3) is 0.318. The Kier molecular flexibility index (Phi) is 4.96. The van der Waals surface area contributed by atoms with Gasteiger partial charge in [0, 0.05) is 19.6 Å². The zero-order chi connectivity index (χ0) is 20.4. The van der Waals surface area contributed by atoms with Crippen LogP contribution in [0.2, 0.25) is 0 Å². The van der Waals surface area contributed by atoms with Crippen LogP contribution >= 0.6 is 0 Å². The van der Waals surface area contributed by atoms with Gasteiger partial charge >= 0.3 is 6.03 Å². The first-order valence-electron chi connectivity index (χ1n) is 9.71. The van der Waals surface area contributed by atoms with E-state index in [0.29, 0.717) is 32.5 Å². The minimum Gasteiger partial charge on any atom is -0.508 e. The Morgan fingerprint density at radius 2 is 1.69 bits per heavy atom. The maximum atomic E-state index is 12.7. The summed E-state index contributed by atoms with van der Waals surface area (Å²) in [6.45, 7) is 1.17. The molecule has 0 saturated carbocycles. The van der Waals surface area contributed by atoms with Gasteiger partial charge in [-0.15, -0.1) is 0 Å². The number of phenols is 1. The second-order valence-electron chi connectivity index (χ2n) is 7.59. The molecule has 4 rings (SSSR count). The average Bonchev–Trinajstić information content (AvgIpc) is 2.93. The molecule has 0 aromatic heterocycles. The third-order valence-electron chi connectivity index (χ3n) is 5.80. The van der Waals surface area contributed by atoms with Gasteiger partial charge in [-0.25, -0.2) is 4.79 Å². The molecule has 0 bridgehead atoms. The molecule has 0 aliphatic carbocycles. The van der Waals surface area contributed by atoms with Crippen LogP contribution in [-0.2, 0) is 22.6 Å². The van der Waals surface area contributed by atoms with Crippen LogP contribution in [-0.4, -0.2) is 51.4 Å². The minimum absolute atomic E-state index is 0.0511. The van der Waals surface area contributed by atoms with Gasteiger partial charge in [-0.2, -0.15) is 0 Å². The number of nitrogens with zero attached hydrogens (tertiary/aromatic N) is 2. The third kappa shape index (κ3) is 3.68. The number of urea groups is 1. The first-order chi connectivity index (χ1) is 14.0. The van der Waals surface area contributed by atoms with Gasteiger partial charge in [-0.1, -0.05) is 42.5 Å². The summed E-state index contributed by atoms with van der Waals surface area (Å²) >= 11 is 0. The number of likely N-dealkylation sites (tertiary alicyclic amines) is 1. The summed E-state index contributed by atoms with van der Waals surface area (Å²) in [5.41, 5.74) is 0.795. The molecule has 1 spiro atoms. The van der Waals surface area contributed by atoms with E-state index < -0.39 is 5.54 Å². The maximum absolute atomic E-state index is 12.7. The molecule has 7 heteroatoms. The first kappa shape index (κ1) is 19.0. The van der Waals surface area contributed by atoms with Crippen LogP contribution in [0.25, 0.3) is 0 Å². The van der Waals surface area contributed by atoms with E-state index in [0.717, 1.165) is 11.1 Å². The lowest BCUT2D eigenvalue weighted by molar-refractivity contribution is -0.137. The summed E-state index contributed by atoms with van der Waals surface area (Å²) in [7, 11) is 0. The van der Waals surface area contributed by atoms with Crippen molar-refractivity contribution in [3.05, 3.63) is 65.7 Å². The predicted octanol–water partition coefficient (Wildman–Crippen LogP) is 2.05. The molecule has 2 aromatic carbocycles. The standard InChI is InChI=1S/C22H23N3O4/c26-18-8-4-7-17(13-18)14-19(27)24-11-9-22(10-12-24)20(28)23-21(29)25(22)15-16-5-2-1-3-6-16/h1-8,13,26H,9-12,14-15H2,(H,23,28,29). The van der Waals surface area contributed by atoms with E-state index >= 15 is 0 Å². The molecule has 2 heterocycles. The van der Waals surface area contributed by atoms with Gasteiger partial charge in [-0.05, 0) is 36.1 Å². The molecule has 2 aliphatic rings. The van der Waals surface area contributed by atoms with Crippen molar-refractivity contribution >= 4 is 17.8 Å². The van der Waals surface area contributed by atoms with Crippen molar-refractivity contribution < 1.29 is 19.5 Å². The molecule has 2 saturated heterocycles. The number of aromatic hydroxyl groups is 1. The number of hydrogen-bond donors (Lipinski definition) is 2. The van der Waals surface area contributed by atoms with Crippen molar-refractivity contribution in [3.8, 4) is 5.75 Å². The molecule has 2 aromatic rings. The monoisotopic (exact) mass is 393 g/mol. The van der Waals surface area contributed by atoms with Gasteiger partial charge in [0.25, 0.3) is 5.91 Å². The van der Waals surface area contributed by atoms with E-state index in [2.05, 4.69) is 5.32 Å². The minimum atomic E-state index is -0.908. The van der Waals surface area contributed by atoms with Crippen molar-refractivity contribution in [2.24, 2.45) is 0 Å². The number of hydrogen-bond acceptors (Lipinski definition) is 4. The Balaban J connectivity index is 1.45. The fourth-order valence-corrected chi connectivity index (χ4v) is 4.16. The van der Waals surface area contributed by atoms with Crippen molar-refractivity contribution in [1.82, 2.24) is 15.1 Å². The fourth-order valence-electron chi connectivity index (χ4n) is 4.16. The number of carbonyl (C=O) groups excluding carboxylic acids is 3. The van der Waals surface area contributed by atoms with Crippen LogP contribution in [0.5, 0.6) is 5.75 Å². The number of rotatable bonds is 4. The smallest absolute Gasteiger partial charge is 0.325 e. The lowest BCUT2D eigenvalue weighted by Gasteiger charge is -2.42. The number of carbonyl (C=O) groups is 3. The number of benzene rings is 2. The lowest BCUT2D eigenvalue weighted by atomic mass is 9.85. The van der Waals surface area contributed by atoms with Gasteiger partial charge in [0.05, 0.1) is 6.42 Å². The zero-order valence-corrected chi connectivity index (χ0v) is 16.0. The van der Waals surface area contributed by atoms with E-state index in [1.165, 1.54) is 0 Å². The first-order valence-corrected chi connectivity index (χ1v) is 9.71. The maximum Gasteiger partial charge on any atom is 0.325 e. The molecule has 0 atom stereocenters. The highest BCUT2D eigenvalue weighted by molar-refractivity contribution is 6.07. The summed E-state index contributed by atoms with van der Waals surface area (Å²) in [6, 6.07) is 15.8. The van der Waals surface area contributed by atoms with Crippen LogP contribution in [0.3, 0.4) is 0 Å². The van der Waals surface area contributed by atoms with Gasteiger partial charge in [-0.3, -0.25) is 14.9 Å². The summed E-state index contributed by atoms with van der Waals surface area (Å²) in [6.07, 6.45) is 1.01. The number of piperidine rings is 1. The van der Waals surface area contributed by atoms with Gasteiger partial charge in [0.15, 0.2) is 0 Å². The van der Waals surface area contributed by atoms with E-state index in [4.69, 9.17) is 0 Å². The van der Waals surface area contributed by atoms with Crippen molar-refractivity contribution in [1.29, 1.82) is 0 Å². The molecule has 2 aliphatic heterocycles. The Morgan fingerprint density at radius 1 is 1.00 bits per heavy atom. The molecule has 0 radical (unpaired) electrons. The molecule has 4 amide bonds. The Hall–Kier alpha value is -3.35. The molecular weight excluding hydrogens is 370 g/mol. The van der Waals surface area contributed by atoms with Crippen molar-refractivity contribution in [2.45, 2.75) is 31.3 Å². The average molecular weight is 393 g/mol. The number of nitrogens with one attached hydrogen (secondary N) is 1. The van der Waals surface area contributed by atoms with Crippen LogP contribution in [0, 0.1) is 0 Å². The van der Waals surface area contributed by atoms with Crippen LogP contribution in [0.1, 0.15) is 24.0 Å². The van der Waals surface area contributed by atoms with Crippen molar-refractivity contribution in [3.63, 3.8) is 0 Å². The highest BCUT2D eigenvalue weighted by Gasteiger charge is 2.54. The topological polar surface area (TPSA) is 90.0 Å². The quantitative estimate of drug-likeness (QED) is 0.778. The Labute approximate surface area is 168 Å². The normalized spacial score (nSPS) is 18.2. The summed E-state index contributed by atoms with van der Waals surface area (Å²) in [5, 5.41) is 12.0. The Bertz CT molecular complexity index is 936. The van der Waals surface area contributed by atoms with Crippen LogP contribution in [0.4, 0.5) is 4.79 Å². The number of phenolic OH excluding ortho intramolecular Hbond substituents is 1. The molecule has 29 heavy (non-hydrogen) atoms. The predicted molar refractivity (Wildman–Crippen MR) is 106 cm³/mol. The third-order valence-corrected chi connectivity index (χ3v) is 5.80. The van der Waals surface area contributed by atoms with Gasteiger partial charge < -0.3 is 14.9 Å². The second-order valence-corrected chi connectivity index (χ2v) is 7.59. The summed E-state index contributed by atoms with van der Waals surface area (Å²) < 4.78 is 0. The molecular formula is C22H23N3O4. The Morgan fingerprint density at radius 3 is 2.38 bits per heavy atom. The van der Waals surface area contributed by atoms with Gasteiger partial charge in [0.2, 0.25) is 5.91 Å². The largest absolute Gasteiger partial charge is 0.508 e. The lowest BCUT2D eigenvalue weighted by Crippen LogP contribution is -2.57. The zero-order valence-electron chi connectivity index (χ0n) is 16.0. The van der Waals surface area contributed by atoms with E-state index in [-0.39, 0.29) is 30.0 Å². The highest BCUT2D eigenvalue weighted by Crippen LogP contribution is 2.34. The molecule has 0 unspecified atom stereocenters. The van der Waals surface area contributed by atoms with Crippen LogP contribution < -0.4 is 5.32 Å².